The maximum Gasteiger partial charge on any atom is 0.255 e. The molecule has 2 N–H and O–H groups in total. The lowest BCUT2D eigenvalue weighted by Gasteiger charge is -2.09. The monoisotopic (exact) mass is 242 g/mol. The topological polar surface area (TPSA) is 65.1 Å². The van der Waals surface area contributed by atoms with Gasteiger partial charge in [0.1, 0.15) is 0 Å². The molecule has 2 rings (SSSR count). The molecule has 18 heavy (non-hydrogen) atoms. The summed E-state index contributed by atoms with van der Waals surface area (Å²) in [6.07, 6.45) is 1.73. The minimum atomic E-state index is -0.491. The Morgan fingerprint density at radius 1 is 1.17 bits per heavy atom. The number of pyridine rings is 1. The second kappa shape index (κ2) is 4.49. The quantitative estimate of drug-likeness (QED) is 0.868. The molecule has 0 unspecified atom stereocenters. The minimum Gasteiger partial charge on any atom is -0.366 e. The molecule has 0 radical (unpaired) electrons. The average Bonchev–Trinajstić information content (AvgIpc) is 2.33. The van der Waals surface area contributed by atoms with E-state index in [1.54, 1.807) is 30.5 Å². The third-order valence-electron chi connectivity index (χ3n) is 2.82. The van der Waals surface area contributed by atoms with E-state index >= 15 is 0 Å². The molecule has 0 saturated heterocycles. The molecule has 0 bridgehead atoms. The highest BCUT2D eigenvalue weighted by Gasteiger charge is 2.07. The molecular weight excluding hydrogens is 228 g/mol. The van der Waals surface area contributed by atoms with Crippen LogP contribution in [0.15, 0.2) is 41.3 Å². The summed E-state index contributed by atoms with van der Waals surface area (Å²) in [5.41, 5.74) is 8.00. The maximum atomic E-state index is 11.8. The molecular formula is C14H14N2O2. The summed E-state index contributed by atoms with van der Waals surface area (Å²) >= 11 is 0. The zero-order valence-corrected chi connectivity index (χ0v) is 10.3. The van der Waals surface area contributed by atoms with Crippen molar-refractivity contribution < 1.29 is 4.79 Å². The van der Waals surface area contributed by atoms with Crippen LogP contribution in [0.3, 0.4) is 0 Å². The number of carbonyl (C=O) groups is 1. The van der Waals surface area contributed by atoms with E-state index in [1.807, 2.05) is 13.8 Å². The van der Waals surface area contributed by atoms with Crippen molar-refractivity contribution in [2.45, 2.75) is 13.8 Å². The molecule has 0 aliphatic rings. The maximum absolute atomic E-state index is 11.8. The van der Waals surface area contributed by atoms with E-state index in [-0.39, 0.29) is 5.56 Å². The molecule has 2 aromatic rings. The normalized spacial score (nSPS) is 10.3. The molecule has 4 nitrogen and oxygen atoms in total. The van der Waals surface area contributed by atoms with Crippen LogP contribution in [0.25, 0.3) is 5.69 Å². The van der Waals surface area contributed by atoms with E-state index < -0.39 is 5.91 Å². The van der Waals surface area contributed by atoms with Crippen molar-refractivity contribution in [1.82, 2.24) is 4.57 Å². The molecule has 0 atom stereocenters. The summed E-state index contributed by atoms with van der Waals surface area (Å²) in [6.45, 7) is 3.71. The fourth-order valence-electron chi connectivity index (χ4n) is 1.82. The van der Waals surface area contributed by atoms with Gasteiger partial charge >= 0.3 is 0 Å². The van der Waals surface area contributed by atoms with Crippen LogP contribution < -0.4 is 11.3 Å². The Bertz CT molecular complexity index is 672. The Kier molecular flexibility index (Phi) is 3.02. The first-order valence-corrected chi connectivity index (χ1v) is 5.59. The Hall–Kier alpha value is -2.36. The third-order valence-corrected chi connectivity index (χ3v) is 2.82. The van der Waals surface area contributed by atoms with Crippen molar-refractivity contribution in [2.75, 3.05) is 0 Å². The van der Waals surface area contributed by atoms with Crippen LogP contribution in [0.4, 0.5) is 0 Å². The van der Waals surface area contributed by atoms with Crippen LogP contribution in [-0.2, 0) is 0 Å². The van der Waals surface area contributed by atoms with E-state index in [1.165, 1.54) is 10.6 Å². The molecule has 1 aromatic carbocycles. The molecule has 4 heteroatoms. The number of rotatable bonds is 2. The zero-order valence-electron chi connectivity index (χ0n) is 10.3. The second-order valence-electron chi connectivity index (χ2n) is 4.28. The van der Waals surface area contributed by atoms with Crippen molar-refractivity contribution in [1.29, 1.82) is 0 Å². The van der Waals surface area contributed by atoms with Crippen molar-refractivity contribution >= 4 is 5.91 Å². The molecule has 1 aromatic heterocycles. The van der Waals surface area contributed by atoms with E-state index in [0.717, 1.165) is 11.1 Å². The van der Waals surface area contributed by atoms with Gasteiger partial charge in [0.25, 0.3) is 5.56 Å². The van der Waals surface area contributed by atoms with Crippen LogP contribution in [0.2, 0.25) is 0 Å². The van der Waals surface area contributed by atoms with Gasteiger partial charge in [-0.3, -0.25) is 14.2 Å². The summed E-state index contributed by atoms with van der Waals surface area (Å²) < 4.78 is 1.50. The number of benzene rings is 1. The lowest BCUT2D eigenvalue weighted by molar-refractivity contribution is 0.0999. The van der Waals surface area contributed by atoms with Gasteiger partial charge in [0.05, 0.1) is 0 Å². The molecule has 92 valence electrons. The predicted molar refractivity (Wildman–Crippen MR) is 70.0 cm³/mol. The van der Waals surface area contributed by atoms with Gasteiger partial charge in [-0.2, -0.15) is 0 Å². The van der Waals surface area contributed by atoms with Crippen LogP contribution in [0.5, 0.6) is 0 Å². The highest BCUT2D eigenvalue weighted by atomic mass is 16.1. The van der Waals surface area contributed by atoms with Gasteiger partial charge in [-0.1, -0.05) is 12.1 Å². The zero-order chi connectivity index (χ0) is 13.3. The van der Waals surface area contributed by atoms with Crippen LogP contribution in [0, 0.1) is 13.8 Å². The minimum absolute atomic E-state index is 0.139. The summed E-state index contributed by atoms with van der Waals surface area (Å²) in [7, 11) is 0. The molecule has 0 aliphatic heterocycles. The smallest absolute Gasteiger partial charge is 0.255 e. The van der Waals surface area contributed by atoms with Crippen LogP contribution in [-0.4, -0.2) is 10.5 Å². The lowest BCUT2D eigenvalue weighted by Crippen LogP contribution is -2.18. The van der Waals surface area contributed by atoms with Crippen molar-refractivity contribution in [3.8, 4) is 5.69 Å². The number of hydrogen-bond donors (Lipinski definition) is 1. The molecule has 0 saturated carbocycles. The van der Waals surface area contributed by atoms with Crippen LogP contribution >= 0.6 is 0 Å². The first-order chi connectivity index (χ1) is 8.49. The van der Waals surface area contributed by atoms with Gasteiger partial charge in [0.2, 0.25) is 5.91 Å². The summed E-state index contributed by atoms with van der Waals surface area (Å²) in [5.74, 6) is -0.491. The summed E-state index contributed by atoms with van der Waals surface area (Å²) in [4.78, 5) is 23.1. The van der Waals surface area contributed by atoms with Gasteiger partial charge in [0, 0.05) is 23.5 Å². The first-order valence-electron chi connectivity index (χ1n) is 5.59. The number of nitrogens with zero attached hydrogens (tertiary/aromatic N) is 1. The van der Waals surface area contributed by atoms with Gasteiger partial charge in [-0.05, 0) is 37.1 Å². The van der Waals surface area contributed by atoms with Gasteiger partial charge in [-0.25, -0.2) is 0 Å². The van der Waals surface area contributed by atoms with Crippen molar-refractivity contribution in [3.05, 3.63) is 63.6 Å². The Morgan fingerprint density at radius 3 is 2.56 bits per heavy atom. The van der Waals surface area contributed by atoms with E-state index in [2.05, 4.69) is 0 Å². The third kappa shape index (κ3) is 2.18. The number of aromatic nitrogens is 1. The SMILES string of the molecule is Cc1ccc(=O)n(-c2ccc(C)c(C(N)=O)c2)c1. The Balaban J connectivity index is 2.65. The molecule has 1 amide bonds. The highest BCUT2D eigenvalue weighted by molar-refractivity contribution is 5.94. The Labute approximate surface area is 105 Å². The van der Waals surface area contributed by atoms with Gasteiger partial charge in [-0.15, -0.1) is 0 Å². The highest BCUT2D eigenvalue weighted by Crippen LogP contribution is 2.13. The number of carbonyl (C=O) groups excluding carboxylic acids is 1. The largest absolute Gasteiger partial charge is 0.366 e. The summed E-state index contributed by atoms with van der Waals surface area (Å²) in [5, 5.41) is 0. The molecule has 0 spiro atoms. The molecule has 0 fully saturated rings. The number of nitrogens with two attached hydrogens (primary N) is 1. The lowest BCUT2D eigenvalue weighted by atomic mass is 10.1. The van der Waals surface area contributed by atoms with Crippen LogP contribution in [0.1, 0.15) is 21.5 Å². The van der Waals surface area contributed by atoms with Gasteiger partial charge in [0.15, 0.2) is 0 Å². The fraction of sp³-hybridized carbons (Fsp3) is 0.143. The van der Waals surface area contributed by atoms with Crippen molar-refractivity contribution in [2.24, 2.45) is 5.73 Å². The van der Waals surface area contributed by atoms with E-state index in [4.69, 9.17) is 5.73 Å². The second-order valence-corrected chi connectivity index (χ2v) is 4.28. The van der Waals surface area contributed by atoms with E-state index in [0.29, 0.717) is 11.3 Å². The number of aryl methyl sites for hydroxylation is 2. The standard InChI is InChI=1S/C14H14N2O2/c1-9-3-6-13(17)16(8-9)11-5-4-10(2)12(7-11)14(15)18/h3-8H,1-2H3,(H2,15,18). The number of primary amides is 1. The average molecular weight is 242 g/mol. The molecule has 0 aliphatic carbocycles. The number of amides is 1. The first kappa shape index (κ1) is 12.1. The van der Waals surface area contributed by atoms with Gasteiger partial charge < -0.3 is 5.73 Å². The molecule has 1 heterocycles. The number of hydrogen-bond acceptors (Lipinski definition) is 2. The summed E-state index contributed by atoms with van der Waals surface area (Å²) in [6, 6.07) is 8.46. The predicted octanol–water partition coefficient (Wildman–Crippen LogP) is 1.55. The van der Waals surface area contributed by atoms with E-state index in [9.17, 15) is 9.59 Å². The van der Waals surface area contributed by atoms with Crippen molar-refractivity contribution in [3.63, 3.8) is 0 Å². The fourth-order valence-corrected chi connectivity index (χ4v) is 1.82. The Morgan fingerprint density at radius 2 is 1.89 bits per heavy atom.